The lowest BCUT2D eigenvalue weighted by Crippen LogP contribution is -2.16. The normalized spacial score (nSPS) is 10.8. The SMILES string of the molecule is Cc1ccc(NC(=O)c2ccc(C#N)cc2)cc1S(=O)(=O)Nc1ccc(Cl)cc1. The maximum Gasteiger partial charge on any atom is 0.262 e. The number of sulfonamides is 1. The molecule has 0 saturated carbocycles. The molecule has 0 bridgehead atoms. The molecule has 0 heterocycles. The number of nitrogens with one attached hydrogen (secondary N) is 2. The minimum atomic E-state index is -3.87. The number of rotatable bonds is 5. The van der Waals surface area contributed by atoms with Crippen LogP contribution >= 0.6 is 11.6 Å². The highest BCUT2D eigenvalue weighted by Crippen LogP contribution is 2.24. The summed E-state index contributed by atoms with van der Waals surface area (Å²) in [6.45, 7) is 1.67. The molecule has 3 aromatic rings. The maximum absolute atomic E-state index is 12.8. The van der Waals surface area contributed by atoms with Gasteiger partial charge in [0.1, 0.15) is 0 Å². The number of amides is 1. The molecule has 0 aliphatic heterocycles. The summed E-state index contributed by atoms with van der Waals surface area (Å²) in [6, 6.07) is 19.0. The third-order valence-corrected chi connectivity index (χ3v) is 5.88. The van der Waals surface area contributed by atoms with Gasteiger partial charge in [0.05, 0.1) is 16.5 Å². The van der Waals surface area contributed by atoms with Crippen LogP contribution in [-0.4, -0.2) is 14.3 Å². The highest BCUT2D eigenvalue weighted by molar-refractivity contribution is 7.92. The van der Waals surface area contributed by atoms with E-state index in [1.54, 1.807) is 43.3 Å². The van der Waals surface area contributed by atoms with Crippen LogP contribution in [0.2, 0.25) is 5.02 Å². The van der Waals surface area contributed by atoms with Crippen molar-refractivity contribution in [3.8, 4) is 6.07 Å². The van der Waals surface area contributed by atoms with Crippen molar-refractivity contribution in [3.63, 3.8) is 0 Å². The molecular formula is C21H16ClN3O3S. The van der Waals surface area contributed by atoms with Crippen molar-refractivity contribution in [1.29, 1.82) is 5.26 Å². The zero-order valence-corrected chi connectivity index (χ0v) is 16.9. The van der Waals surface area contributed by atoms with Crippen LogP contribution in [0.15, 0.2) is 71.6 Å². The van der Waals surface area contributed by atoms with Gasteiger partial charge in [-0.3, -0.25) is 9.52 Å². The van der Waals surface area contributed by atoms with E-state index in [9.17, 15) is 13.2 Å². The summed E-state index contributed by atoms with van der Waals surface area (Å²) in [5, 5.41) is 12.0. The minimum Gasteiger partial charge on any atom is -0.322 e. The van der Waals surface area contributed by atoms with E-state index in [0.717, 1.165) is 0 Å². The Balaban J connectivity index is 1.84. The van der Waals surface area contributed by atoms with Crippen LogP contribution < -0.4 is 10.0 Å². The molecule has 0 aromatic heterocycles. The van der Waals surface area contributed by atoms with E-state index < -0.39 is 15.9 Å². The van der Waals surface area contributed by atoms with E-state index in [0.29, 0.717) is 33.1 Å². The number of halogens is 1. The molecule has 0 fully saturated rings. The standard InChI is InChI=1S/C21H16ClN3O3S/c1-14-2-9-19(24-21(26)16-5-3-15(13-23)4-6-16)12-20(14)29(27,28)25-18-10-7-17(22)8-11-18/h2-12,25H,1H3,(H,24,26). The van der Waals surface area contributed by atoms with Crippen LogP contribution in [0, 0.1) is 18.3 Å². The van der Waals surface area contributed by atoms with Crippen LogP contribution in [-0.2, 0) is 10.0 Å². The summed E-state index contributed by atoms with van der Waals surface area (Å²) in [6.07, 6.45) is 0. The van der Waals surface area contributed by atoms with E-state index in [2.05, 4.69) is 10.0 Å². The molecule has 0 spiro atoms. The van der Waals surface area contributed by atoms with E-state index in [1.165, 1.54) is 30.3 Å². The largest absolute Gasteiger partial charge is 0.322 e. The lowest BCUT2D eigenvalue weighted by atomic mass is 10.1. The predicted octanol–water partition coefficient (Wildman–Crippen LogP) is 4.57. The van der Waals surface area contributed by atoms with E-state index >= 15 is 0 Å². The molecule has 1 amide bonds. The topological polar surface area (TPSA) is 99.1 Å². The van der Waals surface area contributed by atoms with Crippen molar-refractivity contribution in [2.45, 2.75) is 11.8 Å². The van der Waals surface area contributed by atoms with Gasteiger partial charge in [0.25, 0.3) is 15.9 Å². The van der Waals surface area contributed by atoms with Gasteiger partial charge in [-0.2, -0.15) is 5.26 Å². The number of benzene rings is 3. The number of nitrogens with zero attached hydrogens (tertiary/aromatic N) is 1. The monoisotopic (exact) mass is 425 g/mol. The summed E-state index contributed by atoms with van der Waals surface area (Å²) in [4.78, 5) is 12.5. The fourth-order valence-corrected chi connectivity index (χ4v) is 4.05. The van der Waals surface area contributed by atoms with Gasteiger partial charge in [-0.15, -0.1) is 0 Å². The number of carbonyl (C=O) groups is 1. The highest BCUT2D eigenvalue weighted by atomic mass is 35.5. The van der Waals surface area contributed by atoms with E-state index in [4.69, 9.17) is 16.9 Å². The lowest BCUT2D eigenvalue weighted by molar-refractivity contribution is 0.102. The van der Waals surface area contributed by atoms with Crippen molar-refractivity contribution in [2.75, 3.05) is 10.0 Å². The third-order valence-electron chi connectivity index (χ3n) is 4.11. The Morgan fingerprint density at radius 2 is 1.59 bits per heavy atom. The number of aryl methyl sites for hydroxylation is 1. The molecule has 3 aromatic carbocycles. The molecule has 0 atom stereocenters. The number of nitriles is 1. The molecule has 0 aliphatic rings. The zero-order valence-electron chi connectivity index (χ0n) is 15.3. The Bertz CT molecular complexity index is 1200. The first-order valence-corrected chi connectivity index (χ1v) is 10.4. The molecule has 0 aliphatic carbocycles. The summed E-state index contributed by atoms with van der Waals surface area (Å²) in [5.41, 5.74) is 2.04. The van der Waals surface area contributed by atoms with Crippen molar-refractivity contribution in [2.24, 2.45) is 0 Å². The van der Waals surface area contributed by atoms with Crippen molar-refractivity contribution in [3.05, 3.63) is 88.4 Å². The van der Waals surface area contributed by atoms with Gasteiger partial charge >= 0.3 is 0 Å². The summed E-state index contributed by atoms with van der Waals surface area (Å²) in [5.74, 6) is -0.410. The Hall–Kier alpha value is -3.34. The molecule has 0 saturated heterocycles. The van der Waals surface area contributed by atoms with Crippen LogP contribution in [0.3, 0.4) is 0 Å². The van der Waals surface area contributed by atoms with Crippen molar-refractivity contribution < 1.29 is 13.2 Å². The summed E-state index contributed by atoms with van der Waals surface area (Å²) in [7, 11) is -3.87. The average molecular weight is 426 g/mol. The second kappa shape index (κ2) is 8.35. The van der Waals surface area contributed by atoms with Crippen LogP contribution in [0.25, 0.3) is 0 Å². The van der Waals surface area contributed by atoms with Gasteiger partial charge in [-0.05, 0) is 73.2 Å². The third kappa shape index (κ3) is 4.93. The zero-order chi connectivity index (χ0) is 21.0. The van der Waals surface area contributed by atoms with Gasteiger partial charge in [-0.25, -0.2) is 8.42 Å². The molecule has 146 valence electrons. The maximum atomic E-state index is 12.8. The molecule has 3 rings (SSSR count). The quantitative estimate of drug-likeness (QED) is 0.625. The molecular weight excluding hydrogens is 410 g/mol. The second-order valence-electron chi connectivity index (χ2n) is 6.24. The smallest absolute Gasteiger partial charge is 0.262 e. The Morgan fingerprint density at radius 1 is 0.966 bits per heavy atom. The van der Waals surface area contributed by atoms with Crippen LogP contribution in [0.1, 0.15) is 21.5 Å². The lowest BCUT2D eigenvalue weighted by Gasteiger charge is -2.13. The van der Waals surface area contributed by atoms with E-state index in [-0.39, 0.29) is 4.90 Å². The van der Waals surface area contributed by atoms with Gasteiger partial charge in [0, 0.05) is 22.0 Å². The molecule has 6 nitrogen and oxygen atoms in total. The Labute approximate surface area is 173 Å². The molecule has 8 heteroatoms. The van der Waals surface area contributed by atoms with Crippen molar-refractivity contribution in [1.82, 2.24) is 0 Å². The Kier molecular flexibility index (Phi) is 5.87. The van der Waals surface area contributed by atoms with Crippen LogP contribution in [0.4, 0.5) is 11.4 Å². The van der Waals surface area contributed by atoms with Gasteiger partial charge in [0.2, 0.25) is 0 Å². The summed E-state index contributed by atoms with van der Waals surface area (Å²) >= 11 is 5.83. The molecule has 29 heavy (non-hydrogen) atoms. The fourth-order valence-electron chi connectivity index (χ4n) is 2.59. The fraction of sp³-hybridized carbons (Fsp3) is 0.0476. The molecule has 0 unspecified atom stereocenters. The second-order valence-corrected chi connectivity index (χ2v) is 8.32. The first-order valence-electron chi connectivity index (χ1n) is 8.49. The van der Waals surface area contributed by atoms with Crippen LogP contribution in [0.5, 0.6) is 0 Å². The number of hydrogen-bond donors (Lipinski definition) is 2. The van der Waals surface area contributed by atoms with Gasteiger partial charge in [-0.1, -0.05) is 17.7 Å². The first-order chi connectivity index (χ1) is 13.8. The number of anilines is 2. The summed E-state index contributed by atoms with van der Waals surface area (Å²) < 4.78 is 28.1. The van der Waals surface area contributed by atoms with Gasteiger partial charge < -0.3 is 5.32 Å². The van der Waals surface area contributed by atoms with Gasteiger partial charge in [0.15, 0.2) is 0 Å². The minimum absolute atomic E-state index is 0.0464. The average Bonchev–Trinajstić information content (AvgIpc) is 2.71. The molecule has 2 N–H and O–H groups in total. The first kappa shape index (κ1) is 20.4. The molecule has 0 radical (unpaired) electrons. The highest BCUT2D eigenvalue weighted by Gasteiger charge is 2.18. The van der Waals surface area contributed by atoms with Crippen molar-refractivity contribution >= 4 is 38.9 Å². The predicted molar refractivity (Wildman–Crippen MR) is 113 cm³/mol. The number of hydrogen-bond acceptors (Lipinski definition) is 4. The Morgan fingerprint density at radius 3 is 2.21 bits per heavy atom. The number of carbonyl (C=O) groups excluding carboxylic acids is 1. The van der Waals surface area contributed by atoms with E-state index in [1.807, 2.05) is 6.07 Å².